The lowest BCUT2D eigenvalue weighted by Crippen LogP contribution is -2.44. The van der Waals surface area contributed by atoms with Crippen LogP contribution in [0.25, 0.3) is 0 Å². The number of piperidine rings is 1. The number of halogens is 4. The van der Waals surface area contributed by atoms with Crippen molar-refractivity contribution in [1.82, 2.24) is 14.3 Å². The van der Waals surface area contributed by atoms with E-state index in [1.807, 2.05) is 0 Å². The van der Waals surface area contributed by atoms with E-state index in [4.69, 9.17) is 14.2 Å². The van der Waals surface area contributed by atoms with Crippen LogP contribution < -0.4 is 18.5 Å². The molecule has 11 nitrogen and oxygen atoms in total. The normalized spacial score (nSPS) is 16.5. The van der Waals surface area contributed by atoms with Gasteiger partial charge in [-0.05, 0) is 42.2 Å². The van der Waals surface area contributed by atoms with Crippen molar-refractivity contribution in [2.24, 2.45) is 5.92 Å². The van der Waals surface area contributed by atoms with E-state index in [0.717, 1.165) is 39.2 Å². The van der Waals surface area contributed by atoms with E-state index in [2.05, 4.69) is 9.36 Å². The molecule has 1 amide bonds. The lowest BCUT2D eigenvalue weighted by atomic mass is 9.81. The van der Waals surface area contributed by atoms with Gasteiger partial charge in [-0.2, -0.15) is 4.37 Å². The van der Waals surface area contributed by atoms with Gasteiger partial charge in [0.2, 0.25) is 5.13 Å². The number of hydrogen-bond donors (Lipinski definition) is 1. The second-order valence-electron chi connectivity index (χ2n) is 10.5. The number of anilines is 1. The molecule has 3 aromatic carbocycles. The fourth-order valence-electron chi connectivity index (χ4n) is 5.36. The van der Waals surface area contributed by atoms with Gasteiger partial charge in [0.25, 0.3) is 10.0 Å². The van der Waals surface area contributed by atoms with Gasteiger partial charge in [0.05, 0.1) is 27.4 Å². The number of rotatable bonds is 11. The molecule has 2 atom stereocenters. The van der Waals surface area contributed by atoms with Crippen molar-refractivity contribution in [2.75, 3.05) is 38.2 Å². The predicted molar refractivity (Wildman–Crippen MR) is 161 cm³/mol. The van der Waals surface area contributed by atoms with Crippen LogP contribution in [0.2, 0.25) is 0 Å². The van der Waals surface area contributed by atoms with Crippen LogP contribution in [0.3, 0.4) is 0 Å². The van der Waals surface area contributed by atoms with Crippen molar-refractivity contribution in [3.05, 3.63) is 89.3 Å². The number of likely N-dealkylation sites (tertiary alicyclic amines) is 1. The summed E-state index contributed by atoms with van der Waals surface area (Å²) in [7, 11) is -1.97. The van der Waals surface area contributed by atoms with Crippen molar-refractivity contribution >= 4 is 32.8 Å². The van der Waals surface area contributed by atoms with Gasteiger partial charge in [0.15, 0.2) is 23.2 Å². The number of ether oxygens (including phenoxy) is 3. The molecule has 4 aromatic rings. The van der Waals surface area contributed by atoms with Crippen molar-refractivity contribution in [3.63, 3.8) is 0 Å². The monoisotopic (exact) mass is 696 g/mol. The van der Waals surface area contributed by atoms with Crippen LogP contribution in [0.15, 0.2) is 59.8 Å². The van der Waals surface area contributed by atoms with E-state index in [9.17, 15) is 27.1 Å². The number of carbonyl (C=O) groups is 1. The summed E-state index contributed by atoms with van der Waals surface area (Å²) in [5.41, 5.74) is 0.757. The zero-order valence-corrected chi connectivity index (χ0v) is 26.5. The Kier molecular flexibility index (Phi) is 10.0. The number of hydrogen-bond acceptors (Lipinski definition) is 9. The highest BCUT2D eigenvalue weighted by atomic mass is 32.2. The van der Waals surface area contributed by atoms with Crippen molar-refractivity contribution in [3.8, 4) is 17.2 Å². The number of aromatic nitrogens is 2. The molecule has 2 unspecified atom stereocenters. The number of carboxylic acid groups (broad SMARTS) is 1. The van der Waals surface area contributed by atoms with Gasteiger partial charge in [0, 0.05) is 54.3 Å². The molecule has 0 saturated carbocycles. The van der Waals surface area contributed by atoms with Crippen LogP contribution in [-0.4, -0.2) is 67.8 Å². The minimum absolute atomic E-state index is 0.0822. The molecule has 17 heteroatoms. The molecule has 1 aliphatic heterocycles. The summed E-state index contributed by atoms with van der Waals surface area (Å²) in [5, 5.41) is 9.39. The van der Waals surface area contributed by atoms with Gasteiger partial charge >= 0.3 is 6.09 Å². The third kappa shape index (κ3) is 7.20. The second-order valence-corrected chi connectivity index (χ2v) is 13.1. The molecular formula is C30H28F4N4O7S2. The molecule has 1 fully saturated rings. The first kappa shape index (κ1) is 33.7. The van der Waals surface area contributed by atoms with E-state index in [1.165, 1.54) is 26.4 Å². The molecular weight excluding hydrogens is 668 g/mol. The first-order valence-electron chi connectivity index (χ1n) is 14.0. The van der Waals surface area contributed by atoms with Crippen molar-refractivity contribution < 1.29 is 50.1 Å². The molecule has 1 N–H and O–H groups in total. The summed E-state index contributed by atoms with van der Waals surface area (Å²) in [6, 6.07) is 9.07. The molecule has 250 valence electrons. The van der Waals surface area contributed by atoms with Gasteiger partial charge in [0.1, 0.15) is 28.5 Å². The summed E-state index contributed by atoms with van der Waals surface area (Å²) in [4.78, 5) is 15.7. The standard InChI is InChI=1S/C30H28F4N4O7S2/c1-43-20-5-3-18(26(10-20)44-2)14-38(29-35-16-36-46-29)47(41,42)28-12-24(33)27(11-25(28)34)45-15-19-13-37(30(39)40)8-7-21(19)17-4-6-22(31)23(32)9-17/h3-6,9-12,16,19,21H,7-8,13-15H2,1-2H3,(H,39,40). The topological polar surface area (TPSA) is 131 Å². The Morgan fingerprint density at radius 3 is 2.45 bits per heavy atom. The number of benzene rings is 3. The molecule has 1 aliphatic rings. The zero-order chi connectivity index (χ0) is 33.9. The average molecular weight is 697 g/mol. The summed E-state index contributed by atoms with van der Waals surface area (Å²) in [6.07, 6.45) is 0.143. The van der Waals surface area contributed by atoms with Crippen LogP contribution in [0.1, 0.15) is 23.5 Å². The molecule has 5 rings (SSSR count). The predicted octanol–water partition coefficient (Wildman–Crippen LogP) is 5.67. The summed E-state index contributed by atoms with van der Waals surface area (Å²) < 4.78 is 107. The first-order valence-corrected chi connectivity index (χ1v) is 16.2. The number of methoxy groups -OCH3 is 2. The maximum Gasteiger partial charge on any atom is 0.407 e. The summed E-state index contributed by atoms with van der Waals surface area (Å²) in [5.74, 6) is -5.74. The maximum absolute atomic E-state index is 15.6. The highest BCUT2D eigenvalue weighted by Crippen LogP contribution is 2.37. The molecule has 0 aliphatic carbocycles. The molecule has 0 bridgehead atoms. The quantitative estimate of drug-likeness (QED) is 0.197. The fourth-order valence-corrected chi connectivity index (χ4v) is 7.55. The van der Waals surface area contributed by atoms with E-state index in [1.54, 1.807) is 12.1 Å². The van der Waals surface area contributed by atoms with Gasteiger partial charge in [-0.25, -0.2) is 40.1 Å². The van der Waals surface area contributed by atoms with E-state index in [0.29, 0.717) is 29.0 Å². The van der Waals surface area contributed by atoms with E-state index < -0.39 is 61.9 Å². The lowest BCUT2D eigenvalue weighted by Gasteiger charge is -2.37. The molecule has 0 radical (unpaired) electrons. The largest absolute Gasteiger partial charge is 0.497 e. The zero-order valence-electron chi connectivity index (χ0n) is 24.9. The number of amides is 1. The van der Waals surface area contributed by atoms with Crippen LogP contribution in [0.5, 0.6) is 17.2 Å². The van der Waals surface area contributed by atoms with Gasteiger partial charge in [-0.3, -0.25) is 0 Å². The van der Waals surface area contributed by atoms with Gasteiger partial charge in [-0.15, -0.1) is 0 Å². The smallest absolute Gasteiger partial charge is 0.407 e. The molecule has 0 spiro atoms. The summed E-state index contributed by atoms with van der Waals surface area (Å²) >= 11 is 0.721. The average Bonchev–Trinajstić information content (AvgIpc) is 3.59. The molecule has 1 saturated heterocycles. The van der Waals surface area contributed by atoms with Gasteiger partial charge in [-0.1, -0.05) is 6.07 Å². The Morgan fingerprint density at radius 2 is 1.79 bits per heavy atom. The SMILES string of the molecule is COc1ccc(CN(c2ncns2)S(=O)(=O)c2cc(F)c(OCC3CN(C(=O)O)CCC3c3ccc(F)c(F)c3)cc2F)c(OC)c1. The van der Waals surface area contributed by atoms with Crippen molar-refractivity contribution in [1.29, 1.82) is 0 Å². The fraction of sp³-hybridized carbons (Fsp3) is 0.300. The minimum atomic E-state index is -4.79. The van der Waals surface area contributed by atoms with Crippen LogP contribution in [0, 0.1) is 29.2 Å². The summed E-state index contributed by atoms with van der Waals surface area (Å²) in [6.45, 7) is -0.693. The molecule has 47 heavy (non-hydrogen) atoms. The van der Waals surface area contributed by atoms with Crippen molar-refractivity contribution in [2.45, 2.75) is 23.8 Å². The third-order valence-corrected chi connectivity index (χ3v) is 10.3. The van der Waals surface area contributed by atoms with E-state index >= 15 is 8.78 Å². The lowest BCUT2D eigenvalue weighted by molar-refractivity contribution is 0.0926. The highest BCUT2D eigenvalue weighted by Gasteiger charge is 2.35. The maximum atomic E-state index is 15.6. The van der Waals surface area contributed by atoms with Crippen LogP contribution in [-0.2, 0) is 16.6 Å². The number of nitrogens with zero attached hydrogens (tertiary/aromatic N) is 4. The Bertz CT molecular complexity index is 1870. The Hall–Kier alpha value is -4.64. The third-order valence-electron chi connectivity index (χ3n) is 7.75. The number of sulfonamides is 1. The van der Waals surface area contributed by atoms with Gasteiger partial charge < -0.3 is 24.2 Å². The van der Waals surface area contributed by atoms with Crippen LogP contribution >= 0.6 is 11.5 Å². The Morgan fingerprint density at radius 1 is 1.00 bits per heavy atom. The molecule has 1 aromatic heterocycles. The first-order chi connectivity index (χ1) is 22.4. The minimum Gasteiger partial charge on any atom is -0.497 e. The molecule has 2 heterocycles. The van der Waals surface area contributed by atoms with E-state index in [-0.39, 0.29) is 43.5 Å². The highest BCUT2D eigenvalue weighted by molar-refractivity contribution is 7.93. The van der Waals surface area contributed by atoms with Crippen LogP contribution in [0.4, 0.5) is 27.5 Å². The Balaban J connectivity index is 1.42. The second kappa shape index (κ2) is 14.0. The Labute approximate surface area is 271 Å².